The van der Waals surface area contributed by atoms with Crippen molar-refractivity contribution in [2.24, 2.45) is 0 Å². The van der Waals surface area contributed by atoms with Crippen molar-refractivity contribution in [1.82, 2.24) is 15.3 Å². The van der Waals surface area contributed by atoms with E-state index >= 15 is 0 Å². The number of imidazole rings is 1. The van der Waals surface area contributed by atoms with Crippen LogP contribution in [0.1, 0.15) is 5.82 Å². The van der Waals surface area contributed by atoms with Gasteiger partial charge in [0, 0.05) is 13.0 Å². The van der Waals surface area contributed by atoms with Crippen molar-refractivity contribution >= 4 is 28.5 Å². The van der Waals surface area contributed by atoms with Gasteiger partial charge in [-0.25, -0.2) is 13.8 Å². The molecule has 8 heteroatoms. The van der Waals surface area contributed by atoms with Gasteiger partial charge in [-0.1, -0.05) is 23.7 Å². The molecule has 1 aromatic heterocycles. The maximum Gasteiger partial charge on any atom is 0.257 e. The Morgan fingerprint density at radius 3 is 2.76 bits per heavy atom. The topological polar surface area (TPSA) is 67.0 Å². The highest BCUT2D eigenvalue weighted by atomic mass is 35.5. The number of halogens is 3. The van der Waals surface area contributed by atoms with E-state index in [0.29, 0.717) is 13.0 Å². The number of nitrogens with one attached hydrogen (secondary N) is 2. The molecule has 0 saturated heterocycles. The third-order valence-corrected chi connectivity index (χ3v) is 3.82. The molecule has 25 heavy (non-hydrogen) atoms. The average molecular weight is 366 g/mol. The van der Waals surface area contributed by atoms with Crippen molar-refractivity contribution < 1.29 is 18.3 Å². The Kier molecular flexibility index (Phi) is 5.14. The molecule has 2 N–H and O–H groups in total. The molecule has 2 aromatic carbocycles. The summed E-state index contributed by atoms with van der Waals surface area (Å²) in [6.45, 7) is -0.151. The van der Waals surface area contributed by atoms with Crippen LogP contribution in [0.5, 0.6) is 5.75 Å². The number of hydrogen-bond acceptors (Lipinski definition) is 3. The summed E-state index contributed by atoms with van der Waals surface area (Å²) in [4.78, 5) is 19.3. The Hall–Kier alpha value is -2.67. The first-order valence-electron chi connectivity index (χ1n) is 7.51. The van der Waals surface area contributed by atoms with Crippen LogP contribution in [0.2, 0.25) is 5.02 Å². The molecule has 0 aliphatic heterocycles. The maximum atomic E-state index is 13.5. The highest BCUT2D eigenvalue weighted by Gasteiger charge is 2.15. The van der Waals surface area contributed by atoms with E-state index in [-0.39, 0.29) is 0 Å². The van der Waals surface area contributed by atoms with Crippen LogP contribution in [0.15, 0.2) is 36.4 Å². The second kappa shape index (κ2) is 7.48. The van der Waals surface area contributed by atoms with E-state index in [2.05, 4.69) is 15.3 Å². The Bertz CT molecular complexity index is 881. The normalized spacial score (nSPS) is 10.8. The summed E-state index contributed by atoms with van der Waals surface area (Å²) in [6.07, 6.45) is 0.496. The summed E-state index contributed by atoms with van der Waals surface area (Å²) in [5.41, 5.74) is 1.77. The summed E-state index contributed by atoms with van der Waals surface area (Å²) in [7, 11) is 0. The summed E-state index contributed by atoms with van der Waals surface area (Å²) in [5.74, 6) is -1.86. The summed E-state index contributed by atoms with van der Waals surface area (Å²) >= 11 is 5.62. The minimum atomic E-state index is -0.832. The predicted octanol–water partition coefficient (Wildman–Crippen LogP) is 3.23. The number of hydrogen-bond donors (Lipinski definition) is 2. The quantitative estimate of drug-likeness (QED) is 0.659. The predicted molar refractivity (Wildman–Crippen MR) is 89.7 cm³/mol. The maximum absolute atomic E-state index is 13.5. The van der Waals surface area contributed by atoms with E-state index in [1.54, 1.807) is 0 Å². The number of rotatable bonds is 6. The zero-order valence-corrected chi connectivity index (χ0v) is 13.7. The second-order valence-electron chi connectivity index (χ2n) is 5.26. The second-order valence-corrected chi connectivity index (χ2v) is 5.64. The van der Waals surface area contributed by atoms with Crippen LogP contribution < -0.4 is 10.1 Å². The zero-order valence-electron chi connectivity index (χ0n) is 13.0. The smallest absolute Gasteiger partial charge is 0.257 e. The fourth-order valence-corrected chi connectivity index (χ4v) is 2.48. The minimum Gasteiger partial charge on any atom is -0.479 e. The van der Waals surface area contributed by atoms with Gasteiger partial charge in [-0.2, -0.15) is 0 Å². The first-order chi connectivity index (χ1) is 12.0. The van der Waals surface area contributed by atoms with Gasteiger partial charge in [0.05, 0.1) is 11.0 Å². The van der Waals surface area contributed by atoms with E-state index in [1.165, 1.54) is 0 Å². The average Bonchev–Trinajstić information content (AvgIpc) is 3.01. The van der Waals surface area contributed by atoms with Crippen LogP contribution in [0.4, 0.5) is 8.78 Å². The van der Waals surface area contributed by atoms with E-state index in [9.17, 15) is 13.6 Å². The number of fused-ring (bicyclic) bond motifs is 1. The number of aromatic amines is 1. The Labute approximate surface area is 147 Å². The molecule has 0 unspecified atom stereocenters. The van der Waals surface area contributed by atoms with Gasteiger partial charge in [-0.15, -0.1) is 0 Å². The first-order valence-corrected chi connectivity index (χ1v) is 7.89. The molecule has 3 aromatic rings. The van der Waals surface area contributed by atoms with Gasteiger partial charge in [-0.05, 0) is 24.3 Å². The summed E-state index contributed by atoms with van der Waals surface area (Å²) in [6, 6.07) is 9.37. The molecular weight excluding hydrogens is 352 g/mol. The van der Waals surface area contributed by atoms with Crippen molar-refractivity contribution in [2.45, 2.75) is 6.42 Å². The molecule has 130 valence electrons. The number of nitrogens with zero attached hydrogens (tertiary/aromatic N) is 1. The van der Waals surface area contributed by atoms with Gasteiger partial charge in [-0.3, -0.25) is 4.79 Å². The lowest BCUT2D eigenvalue weighted by molar-refractivity contribution is -0.123. The zero-order chi connectivity index (χ0) is 17.8. The molecule has 0 spiro atoms. The van der Waals surface area contributed by atoms with Gasteiger partial charge < -0.3 is 15.0 Å². The number of ether oxygens (including phenoxy) is 1. The van der Waals surface area contributed by atoms with Gasteiger partial charge in [0.15, 0.2) is 18.2 Å². The molecule has 0 aliphatic carbocycles. The number of benzene rings is 2. The van der Waals surface area contributed by atoms with Crippen LogP contribution in [-0.4, -0.2) is 29.0 Å². The Balaban J connectivity index is 1.49. The molecular formula is C17H14ClF2N3O2. The lowest BCUT2D eigenvalue weighted by atomic mass is 10.3. The van der Waals surface area contributed by atoms with Crippen molar-refractivity contribution in [2.75, 3.05) is 13.2 Å². The minimum absolute atomic E-state index is 0.321. The lowest BCUT2D eigenvalue weighted by Crippen LogP contribution is -2.31. The van der Waals surface area contributed by atoms with Gasteiger partial charge in [0.2, 0.25) is 0 Å². The molecule has 1 amide bonds. The van der Waals surface area contributed by atoms with Crippen LogP contribution >= 0.6 is 11.6 Å². The number of carbonyl (C=O) groups is 1. The van der Waals surface area contributed by atoms with Gasteiger partial charge >= 0.3 is 0 Å². The van der Waals surface area contributed by atoms with Crippen molar-refractivity contribution in [3.05, 3.63) is 58.9 Å². The monoisotopic (exact) mass is 365 g/mol. The van der Waals surface area contributed by atoms with Crippen molar-refractivity contribution in [3.63, 3.8) is 0 Å². The fourth-order valence-electron chi connectivity index (χ4n) is 2.27. The van der Waals surface area contributed by atoms with Crippen molar-refractivity contribution in [1.29, 1.82) is 0 Å². The van der Waals surface area contributed by atoms with Crippen molar-refractivity contribution in [3.8, 4) is 5.75 Å². The number of amides is 1. The highest BCUT2D eigenvalue weighted by molar-refractivity contribution is 6.32. The van der Waals surface area contributed by atoms with Crippen LogP contribution in [0, 0.1) is 11.6 Å². The Morgan fingerprint density at radius 1 is 1.20 bits per heavy atom. The summed E-state index contributed by atoms with van der Waals surface area (Å²) in [5, 5.41) is 2.13. The van der Waals surface area contributed by atoms with Crippen LogP contribution in [-0.2, 0) is 11.2 Å². The number of para-hydroxylation sites is 2. The number of carbonyl (C=O) groups excluding carboxylic acids is 1. The van der Waals surface area contributed by atoms with Gasteiger partial charge in [0.1, 0.15) is 16.7 Å². The highest BCUT2D eigenvalue weighted by Crippen LogP contribution is 2.30. The largest absolute Gasteiger partial charge is 0.479 e. The van der Waals surface area contributed by atoms with Crippen LogP contribution in [0.25, 0.3) is 11.0 Å². The molecule has 0 aliphatic rings. The molecule has 0 atom stereocenters. The molecule has 1 heterocycles. The summed E-state index contributed by atoms with van der Waals surface area (Å²) < 4.78 is 31.8. The third-order valence-electron chi connectivity index (χ3n) is 3.47. The molecule has 0 fully saturated rings. The van der Waals surface area contributed by atoms with E-state index in [1.807, 2.05) is 24.3 Å². The van der Waals surface area contributed by atoms with Crippen LogP contribution in [0.3, 0.4) is 0 Å². The van der Waals surface area contributed by atoms with E-state index in [0.717, 1.165) is 29.0 Å². The third kappa shape index (κ3) is 4.06. The number of aromatic nitrogens is 2. The molecule has 5 nitrogen and oxygen atoms in total. The molecule has 0 bridgehead atoms. The standard InChI is InChI=1S/C17H14ClF2N3O2/c18-16-10(19)5-6-11(20)17(16)25-9-15(24)21-8-7-14-22-12-3-1-2-4-13(12)23-14/h1-6H,7-9H2,(H,21,24)(H,22,23). The van der Waals surface area contributed by atoms with E-state index in [4.69, 9.17) is 16.3 Å². The first kappa shape index (κ1) is 17.2. The molecule has 0 radical (unpaired) electrons. The number of H-pyrrole nitrogens is 1. The SMILES string of the molecule is O=C(COc1c(F)ccc(F)c1Cl)NCCc1nc2ccccc2[nH]1. The lowest BCUT2D eigenvalue weighted by Gasteiger charge is -2.09. The Morgan fingerprint density at radius 2 is 1.96 bits per heavy atom. The van der Waals surface area contributed by atoms with Gasteiger partial charge in [0.25, 0.3) is 5.91 Å². The molecule has 0 saturated carbocycles. The van der Waals surface area contributed by atoms with E-state index < -0.39 is 34.9 Å². The molecule has 3 rings (SSSR count). The fraction of sp³-hybridized carbons (Fsp3) is 0.176.